The van der Waals surface area contributed by atoms with Crippen molar-refractivity contribution in [2.45, 2.75) is 44.7 Å². The van der Waals surface area contributed by atoms with Crippen LogP contribution in [0.3, 0.4) is 0 Å². The van der Waals surface area contributed by atoms with Crippen LogP contribution in [0.5, 0.6) is 0 Å². The lowest BCUT2D eigenvalue weighted by molar-refractivity contribution is -0.385. The van der Waals surface area contributed by atoms with Gasteiger partial charge in [0.05, 0.1) is 9.82 Å². The van der Waals surface area contributed by atoms with Gasteiger partial charge in [0.1, 0.15) is 0 Å². The summed E-state index contributed by atoms with van der Waals surface area (Å²) < 4.78 is 27.4. The Morgan fingerprint density at radius 2 is 1.91 bits per heavy atom. The highest BCUT2D eigenvalue weighted by Gasteiger charge is 2.36. The summed E-state index contributed by atoms with van der Waals surface area (Å²) in [6.45, 7) is 8.06. The number of nitro groups is 1. The highest BCUT2D eigenvalue weighted by Crippen LogP contribution is 2.29. The summed E-state index contributed by atoms with van der Waals surface area (Å²) in [5, 5.41) is 14.2. The summed E-state index contributed by atoms with van der Waals surface area (Å²) in [7, 11) is -3.76. The van der Waals surface area contributed by atoms with Crippen molar-refractivity contribution < 1.29 is 13.3 Å². The fraction of sp³-hybridized carbons (Fsp3) is 0.571. The van der Waals surface area contributed by atoms with E-state index in [-0.39, 0.29) is 35.1 Å². The van der Waals surface area contributed by atoms with Crippen molar-refractivity contribution in [3.05, 3.63) is 33.4 Å². The first-order valence-electron chi connectivity index (χ1n) is 7.17. The van der Waals surface area contributed by atoms with Crippen LogP contribution in [0.2, 0.25) is 0 Å². The van der Waals surface area contributed by atoms with E-state index in [9.17, 15) is 18.5 Å². The molecule has 9 heteroatoms. The summed E-state index contributed by atoms with van der Waals surface area (Å²) in [6.07, 6.45) is 0. The maximum Gasteiger partial charge on any atom is 0.271 e. The number of hydrogen-bond acceptors (Lipinski definition) is 5. The molecule has 1 heterocycles. The standard InChI is InChI=1S/C14H21N3O4S.ClH/c1-9-7-13(17(18)19)8-14(10(9)2)22(20,21)16-6-5-15-11(3)12(16)4;/h7-8,11-12,15H,5-6H2,1-4H3;1H. The van der Waals surface area contributed by atoms with Gasteiger partial charge in [-0.25, -0.2) is 8.42 Å². The maximum absolute atomic E-state index is 13.0. The van der Waals surface area contributed by atoms with Crippen LogP contribution in [-0.4, -0.2) is 42.8 Å². The summed E-state index contributed by atoms with van der Waals surface area (Å²) >= 11 is 0. The van der Waals surface area contributed by atoms with Crippen LogP contribution in [0.15, 0.2) is 17.0 Å². The first-order valence-corrected chi connectivity index (χ1v) is 8.61. The molecule has 1 saturated heterocycles. The van der Waals surface area contributed by atoms with Crippen LogP contribution in [-0.2, 0) is 10.0 Å². The fourth-order valence-corrected chi connectivity index (χ4v) is 4.70. The molecule has 2 atom stereocenters. The average Bonchev–Trinajstić information content (AvgIpc) is 2.43. The van der Waals surface area contributed by atoms with Crippen molar-refractivity contribution in [1.29, 1.82) is 0 Å². The van der Waals surface area contributed by atoms with Gasteiger partial charge in [0.2, 0.25) is 10.0 Å². The van der Waals surface area contributed by atoms with Crippen LogP contribution < -0.4 is 5.32 Å². The van der Waals surface area contributed by atoms with Crippen LogP contribution in [0.1, 0.15) is 25.0 Å². The number of non-ortho nitro benzene ring substituents is 1. The molecule has 0 spiro atoms. The van der Waals surface area contributed by atoms with Crippen molar-refractivity contribution in [2.24, 2.45) is 0 Å². The Labute approximate surface area is 142 Å². The molecule has 0 radical (unpaired) electrons. The van der Waals surface area contributed by atoms with E-state index in [0.717, 1.165) is 6.07 Å². The second-order valence-electron chi connectivity index (χ2n) is 5.74. The number of aryl methyl sites for hydroxylation is 1. The van der Waals surface area contributed by atoms with Gasteiger partial charge in [-0.05, 0) is 38.8 Å². The third-order valence-electron chi connectivity index (χ3n) is 4.38. The number of nitrogens with zero attached hydrogens (tertiary/aromatic N) is 2. The van der Waals surface area contributed by atoms with Crippen molar-refractivity contribution in [1.82, 2.24) is 9.62 Å². The molecule has 1 aromatic carbocycles. The maximum atomic E-state index is 13.0. The van der Waals surface area contributed by atoms with E-state index in [1.807, 2.05) is 13.8 Å². The summed E-state index contributed by atoms with van der Waals surface area (Å²) in [5.74, 6) is 0. The number of benzene rings is 1. The second kappa shape index (κ2) is 7.12. The largest absolute Gasteiger partial charge is 0.311 e. The third-order valence-corrected chi connectivity index (χ3v) is 6.49. The van der Waals surface area contributed by atoms with E-state index in [1.54, 1.807) is 13.8 Å². The molecule has 2 unspecified atom stereocenters. The van der Waals surface area contributed by atoms with Gasteiger partial charge in [-0.2, -0.15) is 4.31 Å². The predicted molar refractivity (Wildman–Crippen MR) is 90.6 cm³/mol. The van der Waals surface area contributed by atoms with E-state index in [1.165, 1.54) is 10.4 Å². The van der Waals surface area contributed by atoms with Gasteiger partial charge >= 0.3 is 0 Å². The molecule has 1 fully saturated rings. The minimum absolute atomic E-state index is 0. The zero-order valence-corrected chi connectivity index (χ0v) is 15.2. The molecule has 1 aliphatic heterocycles. The van der Waals surface area contributed by atoms with Crippen molar-refractivity contribution in [2.75, 3.05) is 13.1 Å². The van der Waals surface area contributed by atoms with Gasteiger partial charge in [-0.3, -0.25) is 10.1 Å². The lowest BCUT2D eigenvalue weighted by Crippen LogP contribution is -2.57. The molecule has 0 bridgehead atoms. The highest BCUT2D eigenvalue weighted by atomic mass is 35.5. The number of halogens is 1. The zero-order chi connectivity index (χ0) is 16.7. The Morgan fingerprint density at radius 3 is 2.48 bits per heavy atom. The minimum Gasteiger partial charge on any atom is -0.311 e. The molecule has 130 valence electrons. The smallest absolute Gasteiger partial charge is 0.271 e. The third kappa shape index (κ3) is 3.65. The minimum atomic E-state index is -3.76. The molecule has 0 saturated carbocycles. The number of sulfonamides is 1. The Morgan fingerprint density at radius 1 is 1.30 bits per heavy atom. The van der Waals surface area contributed by atoms with Crippen LogP contribution in [0.25, 0.3) is 0 Å². The molecule has 1 N–H and O–H groups in total. The number of piperazine rings is 1. The zero-order valence-electron chi connectivity index (χ0n) is 13.6. The SMILES string of the molecule is Cc1cc([N+](=O)[O-])cc(S(=O)(=O)N2CCNC(C)C2C)c1C.Cl. The normalized spacial score (nSPS) is 22.4. The van der Waals surface area contributed by atoms with Crippen molar-refractivity contribution >= 4 is 28.1 Å². The van der Waals surface area contributed by atoms with E-state index in [0.29, 0.717) is 24.2 Å². The average molecular weight is 364 g/mol. The lowest BCUT2D eigenvalue weighted by atomic mass is 10.1. The van der Waals surface area contributed by atoms with Crippen molar-refractivity contribution in [3.8, 4) is 0 Å². The fourth-order valence-electron chi connectivity index (χ4n) is 2.67. The Balaban J connectivity index is 0.00000264. The van der Waals surface area contributed by atoms with Gasteiger partial charge in [0, 0.05) is 37.3 Å². The lowest BCUT2D eigenvalue weighted by Gasteiger charge is -2.37. The topological polar surface area (TPSA) is 92.5 Å². The molecule has 0 aliphatic carbocycles. The molecule has 0 amide bonds. The van der Waals surface area contributed by atoms with Gasteiger partial charge < -0.3 is 5.32 Å². The Bertz CT molecular complexity index is 708. The van der Waals surface area contributed by atoms with Gasteiger partial charge in [-0.1, -0.05) is 0 Å². The van der Waals surface area contributed by atoms with Crippen LogP contribution >= 0.6 is 12.4 Å². The number of rotatable bonds is 3. The van der Waals surface area contributed by atoms with Gasteiger partial charge in [-0.15, -0.1) is 12.4 Å². The first-order chi connectivity index (χ1) is 10.2. The predicted octanol–water partition coefficient (Wildman–Crippen LogP) is 2.00. The molecule has 2 rings (SSSR count). The van der Waals surface area contributed by atoms with E-state index < -0.39 is 14.9 Å². The Hall–Kier alpha value is -1.22. The molecule has 23 heavy (non-hydrogen) atoms. The van der Waals surface area contributed by atoms with Crippen LogP contribution in [0.4, 0.5) is 5.69 Å². The van der Waals surface area contributed by atoms with Crippen molar-refractivity contribution in [3.63, 3.8) is 0 Å². The quantitative estimate of drug-likeness (QED) is 0.655. The monoisotopic (exact) mass is 363 g/mol. The first kappa shape index (κ1) is 19.8. The van der Waals surface area contributed by atoms with E-state index in [4.69, 9.17) is 0 Å². The summed E-state index contributed by atoms with van der Waals surface area (Å²) in [6, 6.07) is 2.39. The molecular formula is C14H22ClN3O4S. The molecular weight excluding hydrogens is 342 g/mol. The number of hydrogen-bond donors (Lipinski definition) is 1. The number of nitro benzene ring substituents is 1. The van der Waals surface area contributed by atoms with E-state index >= 15 is 0 Å². The van der Waals surface area contributed by atoms with Gasteiger partial charge in [0.25, 0.3) is 5.69 Å². The molecule has 0 aromatic heterocycles. The summed E-state index contributed by atoms with van der Waals surface area (Å²) in [5.41, 5.74) is 0.963. The molecule has 1 aliphatic rings. The highest BCUT2D eigenvalue weighted by molar-refractivity contribution is 7.89. The summed E-state index contributed by atoms with van der Waals surface area (Å²) in [4.78, 5) is 10.5. The van der Waals surface area contributed by atoms with E-state index in [2.05, 4.69) is 5.32 Å². The van der Waals surface area contributed by atoms with Crippen LogP contribution in [0, 0.1) is 24.0 Å². The molecule has 7 nitrogen and oxygen atoms in total. The Kier molecular flexibility index (Phi) is 6.14. The number of nitrogens with one attached hydrogen (secondary N) is 1. The molecule has 1 aromatic rings. The second-order valence-corrected chi connectivity index (χ2v) is 7.60. The van der Waals surface area contributed by atoms with Gasteiger partial charge in [0.15, 0.2) is 0 Å².